The number of hydrogen-bond acceptors (Lipinski definition) is 3. The van der Waals surface area contributed by atoms with E-state index in [-0.39, 0.29) is 6.04 Å². The van der Waals surface area contributed by atoms with Crippen LogP contribution in [0.1, 0.15) is 30.1 Å². The van der Waals surface area contributed by atoms with Crippen molar-refractivity contribution in [3.05, 3.63) is 46.0 Å². The second-order valence-electron chi connectivity index (χ2n) is 5.20. The van der Waals surface area contributed by atoms with E-state index in [9.17, 15) is 0 Å². The molecule has 0 radical (unpaired) electrons. The molecule has 0 saturated heterocycles. The highest BCUT2D eigenvalue weighted by Crippen LogP contribution is 2.40. The minimum atomic E-state index is 0.201. The number of halogens is 2. The molecule has 1 aromatic carbocycles. The van der Waals surface area contributed by atoms with E-state index in [4.69, 9.17) is 27.9 Å². The number of nitrogens with one attached hydrogen (secondary N) is 1. The fourth-order valence-electron chi connectivity index (χ4n) is 2.58. The SMILES string of the molecule is Cn1cncc1CNC1CCCOc2c1ccc(Cl)c2Cl. The van der Waals surface area contributed by atoms with Gasteiger partial charge in [0, 0.05) is 31.4 Å². The Balaban J connectivity index is 1.83. The van der Waals surface area contributed by atoms with Crippen molar-refractivity contribution >= 4 is 23.2 Å². The van der Waals surface area contributed by atoms with Gasteiger partial charge >= 0.3 is 0 Å². The standard InChI is InChI=1S/C15H17Cl2N3O/c1-20-9-18-7-10(20)8-19-13-3-2-6-21-15-11(13)4-5-12(16)14(15)17/h4-5,7,9,13,19H,2-3,6,8H2,1H3. The molecule has 0 saturated carbocycles. The van der Waals surface area contributed by atoms with Crippen molar-refractivity contribution in [3.63, 3.8) is 0 Å². The molecule has 4 nitrogen and oxygen atoms in total. The van der Waals surface area contributed by atoms with Crippen LogP contribution in [0.25, 0.3) is 0 Å². The van der Waals surface area contributed by atoms with E-state index in [0.717, 1.165) is 30.6 Å². The number of imidazole rings is 1. The Morgan fingerprint density at radius 3 is 3.05 bits per heavy atom. The Hall–Kier alpha value is -1.23. The predicted octanol–water partition coefficient (Wildman–Crippen LogP) is 3.73. The fourth-order valence-corrected chi connectivity index (χ4v) is 2.96. The maximum Gasteiger partial charge on any atom is 0.144 e. The molecule has 0 fully saturated rings. The summed E-state index contributed by atoms with van der Waals surface area (Å²) in [5.41, 5.74) is 2.21. The molecule has 3 rings (SSSR count). The molecule has 1 aliphatic rings. The molecule has 6 heteroatoms. The molecule has 2 heterocycles. The maximum absolute atomic E-state index is 6.28. The number of benzene rings is 1. The number of nitrogens with zero attached hydrogens (tertiary/aromatic N) is 2. The lowest BCUT2D eigenvalue weighted by molar-refractivity contribution is 0.315. The average Bonchev–Trinajstić information content (AvgIpc) is 2.77. The van der Waals surface area contributed by atoms with Gasteiger partial charge < -0.3 is 14.6 Å². The van der Waals surface area contributed by atoms with Gasteiger partial charge in [0.25, 0.3) is 0 Å². The third kappa shape index (κ3) is 3.03. The zero-order valence-corrected chi connectivity index (χ0v) is 13.3. The number of aromatic nitrogens is 2. The highest BCUT2D eigenvalue weighted by atomic mass is 35.5. The molecule has 2 aromatic rings. The number of hydrogen-bond donors (Lipinski definition) is 1. The quantitative estimate of drug-likeness (QED) is 0.934. The average molecular weight is 326 g/mol. The molecule has 1 unspecified atom stereocenters. The first-order valence-electron chi connectivity index (χ1n) is 6.96. The Morgan fingerprint density at radius 1 is 1.43 bits per heavy atom. The Bertz CT molecular complexity index is 642. The number of fused-ring (bicyclic) bond motifs is 1. The third-order valence-corrected chi connectivity index (χ3v) is 4.57. The Kier molecular flexibility index (Phi) is 4.38. The molecule has 21 heavy (non-hydrogen) atoms. The largest absolute Gasteiger partial charge is 0.492 e. The number of aryl methyl sites for hydroxylation is 1. The molecule has 1 aromatic heterocycles. The van der Waals surface area contributed by atoms with Gasteiger partial charge in [0.15, 0.2) is 0 Å². The first-order chi connectivity index (χ1) is 10.2. The van der Waals surface area contributed by atoms with Crippen molar-refractivity contribution in [2.45, 2.75) is 25.4 Å². The summed E-state index contributed by atoms with van der Waals surface area (Å²) in [6, 6.07) is 4.03. The molecule has 1 aliphatic heterocycles. The number of ether oxygens (including phenoxy) is 1. The second kappa shape index (κ2) is 6.26. The minimum absolute atomic E-state index is 0.201. The molecule has 0 bridgehead atoms. The smallest absolute Gasteiger partial charge is 0.144 e. The van der Waals surface area contributed by atoms with Crippen LogP contribution in [0.15, 0.2) is 24.7 Å². The van der Waals surface area contributed by atoms with Gasteiger partial charge in [-0.1, -0.05) is 29.3 Å². The van der Waals surface area contributed by atoms with Crippen LogP contribution in [-0.2, 0) is 13.6 Å². The molecule has 1 atom stereocenters. The lowest BCUT2D eigenvalue weighted by Gasteiger charge is -2.19. The van der Waals surface area contributed by atoms with Gasteiger partial charge in [-0.05, 0) is 18.9 Å². The summed E-state index contributed by atoms with van der Waals surface area (Å²) in [6.07, 6.45) is 5.66. The van der Waals surface area contributed by atoms with Crippen LogP contribution in [-0.4, -0.2) is 16.2 Å². The highest BCUT2D eigenvalue weighted by molar-refractivity contribution is 6.43. The van der Waals surface area contributed by atoms with Crippen LogP contribution in [0.5, 0.6) is 5.75 Å². The summed E-state index contributed by atoms with van der Waals surface area (Å²) in [4.78, 5) is 4.13. The summed E-state index contributed by atoms with van der Waals surface area (Å²) in [5.74, 6) is 0.712. The normalized spacial score (nSPS) is 18.0. The van der Waals surface area contributed by atoms with Gasteiger partial charge in [0.05, 0.1) is 23.7 Å². The molecule has 0 amide bonds. The summed E-state index contributed by atoms with van der Waals surface area (Å²) in [7, 11) is 1.99. The van der Waals surface area contributed by atoms with Crippen molar-refractivity contribution in [2.24, 2.45) is 7.05 Å². The third-order valence-electron chi connectivity index (χ3n) is 3.79. The Morgan fingerprint density at radius 2 is 2.29 bits per heavy atom. The van der Waals surface area contributed by atoms with Crippen LogP contribution in [0, 0.1) is 0 Å². The van der Waals surface area contributed by atoms with Crippen LogP contribution < -0.4 is 10.1 Å². The topological polar surface area (TPSA) is 39.1 Å². The van der Waals surface area contributed by atoms with E-state index in [0.29, 0.717) is 22.4 Å². The van der Waals surface area contributed by atoms with Crippen LogP contribution in [0.3, 0.4) is 0 Å². The highest BCUT2D eigenvalue weighted by Gasteiger charge is 2.23. The summed E-state index contributed by atoms with van der Waals surface area (Å²) >= 11 is 12.4. The van der Waals surface area contributed by atoms with Gasteiger partial charge in [-0.25, -0.2) is 4.98 Å². The van der Waals surface area contributed by atoms with Crippen LogP contribution in [0.4, 0.5) is 0 Å². The monoisotopic (exact) mass is 325 g/mol. The molecule has 0 aliphatic carbocycles. The lowest BCUT2D eigenvalue weighted by Crippen LogP contribution is -2.21. The molecular weight excluding hydrogens is 309 g/mol. The fraction of sp³-hybridized carbons (Fsp3) is 0.400. The van der Waals surface area contributed by atoms with Crippen molar-refractivity contribution in [2.75, 3.05) is 6.61 Å². The first kappa shape index (κ1) is 14.7. The van der Waals surface area contributed by atoms with Crippen molar-refractivity contribution in [1.29, 1.82) is 0 Å². The lowest BCUT2D eigenvalue weighted by atomic mass is 10.0. The second-order valence-corrected chi connectivity index (χ2v) is 5.98. The molecular formula is C15H17Cl2N3O. The molecule has 0 spiro atoms. The van der Waals surface area contributed by atoms with E-state index in [2.05, 4.69) is 10.3 Å². The van der Waals surface area contributed by atoms with E-state index < -0.39 is 0 Å². The van der Waals surface area contributed by atoms with Crippen molar-refractivity contribution < 1.29 is 4.74 Å². The van der Waals surface area contributed by atoms with Crippen LogP contribution >= 0.6 is 23.2 Å². The molecule has 1 N–H and O–H groups in total. The number of rotatable bonds is 3. The van der Waals surface area contributed by atoms with Crippen molar-refractivity contribution in [3.8, 4) is 5.75 Å². The van der Waals surface area contributed by atoms with Crippen LogP contribution in [0.2, 0.25) is 10.0 Å². The first-order valence-corrected chi connectivity index (χ1v) is 7.71. The molecule has 112 valence electrons. The van der Waals surface area contributed by atoms with Crippen molar-refractivity contribution in [1.82, 2.24) is 14.9 Å². The van der Waals surface area contributed by atoms with E-state index in [1.807, 2.05) is 29.9 Å². The summed E-state index contributed by atoms with van der Waals surface area (Å²) in [5, 5.41) is 4.60. The van der Waals surface area contributed by atoms with E-state index in [1.165, 1.54) is 0 Å². The Labute approximate surface area is 134 Å². The van der Waals surface area contributed by atoms with Gasteiger partial charge in [-0.15, -0.1) is 0 Å². The van der Waals surface area contributed by atoms with Gasteiger partial charge in [0.1, 0.15) is 10.8 Å². The zero-order chi connectivity index (χ0) is 14.8. The van der Waals surface area contributed by atoms with E-state index >= 15 is 0 Å². The summed E-state index contributed by atoms with van der Waals surface area (Å²) < 4.78 is 7.79. The minimum Gasteiger partial charge on any atom is -0.492 e. The maximum atomic E-state index is 6.28. The van der Waals surface area contributed by atoms with Gasteiger partial charge in [-0.2, -0.15) is 0 Å². The van der Waals surface area contributed by atoms with E-state index in [1.54, 1.807) is 6.33 Å². The summed E-state index contributed by atoms with van der Waals surface area (Å²) in [6.45, 7) is 1.41. The predicted molar refractivity (Wildman–Crippen MR) is 84.0 cm³/mol. The zero-order valence-electron chi connectivity index (χ0n) is 11.8. The van der Waals surface area contributed by atoms with Gasteiger partial charge in [0.2, 0.25) is 0 Å². The van der Waals surface area contributed by atoms with Gasteiger partial charge in [-0.3, -0.25) is 0 Å².